The summed E-state index contributed by atoms with van der Waals surface area (Å²) in [5.41, 5.74) is -0.448. The van der Waals surface area contributed by atoms with Gasteiger partial charge in [0.25, 0.3) is 0 Å². The standard InChI is InChI=1S/C10H20ClNO2/c1-8(2)12(7-6-11)9(13)14-10(3,4)5/h8H,6-7H2,1-5H3. The molecule has 0 radical (unpaired) electrons. The first kappa shape index (κ1) is 13.6. The second-order valence-corrected chi connectivity index (χ2v) is 4.83. The second-order valence-electron chi connectivity index (χ2n) is 4.46. The molecule has 0 spiro atoms. The zero-order valence-corrected chi connectivity index (χ0v) is 10.4. The van der Waals surface area contributed by atoms with Gasteiger partial charge in [-0.2, -0.15) is 0 Å². The van der Waals surface area contributed by atoms with Gasteiger partial charge in [0.05, 0.1) is 0 Å². The summed E-state index contributed by atoms with van der Waals surface area (Å²) in [5, 5.41) is 0. The van der Waals surface area contributed by atoms with Gasteiger partial charge >= 0.3 is 6.09 Å². The fourth-order valence-corrected chi connectivity index (χ4v) is 1.15. The molecule has 0 rings (SSSR count). The second kappa shape index (κ2) is 5.44. The van der Waals surface area contributed by atoms with Crippen molar-refractivity contribution in [1.29, 1.82) is 0 Å². The van der Waals surface area contributed by atoms with Crippen LogP contribution in [-0.2, 0) is 4.74 Å². The maximum absolute atomic E-state index is 11.6. The van der Waals surface area contributed by atoms with Gasteiger partial charge in [0, 0.05) is 18.5 Å². The molecule has 0 N–H and O–H groups in total. The van der Waals surface area contributed by atoms with E-state index in [1.165, 1.54) is 0 Å². The van der Waals surface area contributed by atoms with Crippen molar-refractivity contribution >= 4 is 17.7 Å². The van der Waals surface area contributed by atoms with Crippen LogP contribution in [0, 0.1) is 0 Å². The third-order valence-electron chi connectivity index (χ3n) is 1.58. The lowest BCUT2D eigenvalue weighted by Gasteiger charge is -2.29. The van der Waals surface area contributed by atoms with Crippen molar-refractivity contribution in [1.82, 2.24) is 4.90 Å². The number of alkyl halides is 1. The maximum atomic E-state index is 11.6. The van der Waals surface area contributed by atoms with Gasteiger partial charge in [-0.3, -0.25) is 0 Å². The van der Waals surface area contributed by atoms with Gasteiger partial charge in [-0.15, -0.1) is 11.6 Å². The molecule has 0 aromatic heterocycles. The molecule has 0 fully saturated rings. The Morgan fingerprint density at radius 1 is 1.43 bits per heavy atom. The van der Waals surface area contributed by atoms with E-state index < -0.39 is 5.60 Å². The van der Waals surface area contributed by atoms with Crippen LogP contribution in [0.5, 0.6) is 0 Å². The Hall–Kier alpha value is -0.440. The van der Waals surface area contributed by atoms with Crippen LogP contribution in [0.2, 0.25) is 0 Å². The molecule has 0 aliphatic heterocycles. The fraction of sp³-hybridized carbons (Fsp3) is 0.900. The number of ether oxygens (including phenoxy) is 1. The molecule has 0 aromatic carbocycles. The van der Waals surface area contributed by atoms with Crippen LogP contribution in [0.3, 0.4) is 0 Å². The van der Waals surface area contributed by atoms with Crippen LogP contribution in [0.4, 0.5) is 4.79 Å². The smallest absolute Gasteiger partial charge is 0.410 e. The summed E-state index contributed by atoms with van der Waals surface area (Å²) in [6.45, 7) is 9.96. The lowest BCUT2D eigenvalue weighted by atomic mass is 10.2. The van der Waals surface area contributed by atoms with Crippen LogP contribution in [0.15, 0.2) is 0 Å². The van der Waals surface area contributed by atoms with Gasteiger partial charge in [0.15, 0.2) is 0 Å². The Morgan fingerprint density at radius 2 is 1.93 bits per heavy atom. The highest BCUT2D eigenvalue weighted by atomic mass is 35.5. The van der Waals surface area contributed by atoms with E-state index >= 15 is 0 Å². The number of amides is 1. The molecule has 0 aromatic rings. The number of halogens is 1. The molecular weight excluding hydrogens is 202 g/mol. The van der Waals surface area contributed by atoms with Crippen molar-refractivity contribution in [3.8, 4) is 0 Å². The largest absolute Gasteiger partial charge is 0.444 e. The zero-order valence-electron chi connectivity index (χ0n) is 9.63. The molecule has 1 amide bonds. The predicted molar refractivity (Wildman–Crippen MR) is 58.8 cm³/mol. The number of hydrogen-bond acceptors (Lipinski definition) is 2. The molecule has 0 atom stereocenters. The maximum Gasteiger partial charge on any atom is 0.410 e. The summed E-state index contributed by atoms with van der Waals surface area (Å²) < 4.78 is 5.24. The summed E-state index contributed by atoms with van der Waals surface area (Å²) in [7, 11) is 0. The van der Waals surface area contributed by atoms with Crippen molar-refractivity contribution in [2.45, 2.75) is 46.3 Å². The lowest BCUT2D eigenvalue weighted by molar-refractivity contribution is 0.0205. The van der Waals surface area contributed by atoms with Crippen LogP contribution < -0.4 is 0 Å². The van der Waals surface area contributed by atoms with Crippen LogP contribution in [0.25, 0.3) is 0 Å². The molecule has 14 heavy (non-hydrogen) atoms. The molecule has 0 bridgehead atoms. The van der Waals surface area contributed by atoms with E-state index in [-0.39, 0.29) is 12.1 Å². The Morgan fingerprint density at radius 3 is 2.21 bits per heavy atom. The van der Waals surface area contributed by atoms with Crippen LogP contribution in [0.1, 0.15) is 34.6 Å². The van der Waals surface area contributed by atoms with Crippen molar-refractivity contribution in [3.05, 3.63) is 0 Å². The highest BCUT2D eigenvalue weighted by molar-refractivity contribution is 6.18. The Bertz CT molecular complexity index is 187. The molecule has 0 saturated carbocycles. The molecule has 84 valence electrons. The monoisotopic (exact) mass is 221 g/mol. The molecule has 0 saturated heterocycles. The third-order valence-corrected chi connectivity index (χ3v) is 1.75. The first-order valence-corrected chi connectivity index (χ1v) is 5.37. The van der Waals surface area contributed by atoms with E-state index in [4.69, 9.17) is 16.3 Å². The Labute approximate surface area is 91.4 Å². The van der Waals surface area contributed by atoms with E-state index in [1.54, 1.807) is 4.90 Å². The molecule has 0 heterocycles. The summed E-state index contributed by atoms with van der Waals surface area (Å²) in [4.78, 5) is 13.3. The quantitative estimate of drug-likeness (QED) is 0.686. The zero-order chi connectivity index (χ0) is 11.4. The molecular formula is C10H20ClNO2. The highest BCUT2D eigenvalue weighted by Crippen LogP contribution is 2.11. The molecule has 0 unspecified atom stereocenters. The summed E-state index contributed by atoms with van der Waals surface area (Å²) >= 11 is 5.61. The fourth-order valence-electron chi connectivity index (χ4n) is 0.972. The van der Waals surface area contributed by atoms with Crippen LogP contribution >= 0.6 is 11.6 Å². The van der Waals surface area contributed by atoms with Crippen molar-refractivity contribution in [3.63, 3.8) is 0 Å². The van der Waals surface area contributed by atoms with Crippen molar-refractivity contribution < 1.29 is 9.53 Å². The Kier molecular flexibility index (Phi) is 5.27. The summed E-state index contributed by atoms with van der Waals surface area (Å²) in [6, 6.07) is 0.114. The topological polar surface area (TPSA) is 29.5 Å². The number of rotatable bonds is 3. The average Bonchev–Trinajstić information content (AvgIpc) is 1.95. The van der Waals surface area contributed by atoms with E-state index in [0.29, 0.717) is 12.4 Å². The number of nitrogens with zero attached hydrogens (tertiary/aromatic N) is 1. The van der Waals surface area contributed by atoms with Gasteiger partial charge in [-0.1, -0.05) is 0 Å². The van der Waals surface area contributed by atoms with Crippen LogP contribution in [-0.4, -0.2) is 35.1 Å². The number of carbonyl (C=O) groups excluding carboxylic acids is 1. The molecule has 0 aliphatic rings. The minimum atomic E-state index is -0.448. The minimum absolute atomic E-state index is 0.114. The predicted octanol–water partition coefficient (Wildman–Crippen LogP) is 2.87. The van der Waals surface area contributed by atoms with E-state index in [0.717, 1.165) is 0 Å². The number of carbonyl (C=O) groups is 1. The van der Waals surface area contributed by atoms with E-state index in [2.05, 4.69) is 0 Å². The third kappa shape index (κ3) is 5.32. The van der Waals surface area contributed by atoms with Gasteiger partial charge in [-0.25, -0.2) is 4.79 Å². The first-order valence-electron chi connectivity index (χ1n) is 4.83. The van der Waals surface area contributed by atoms with Gasteiger partial charge in [0.1, 0.15) is 5.60 Å². The Balaban J connectivity index is 4.30. The number of hydrogen-bond donors (Lipinski definition) is 0. The van der Waals surface area contributed by atoms with E-state index in [9.17, 15) is 4.79 Å². The highest BCUT2D eigenvalue weighted by Gasteiger charge is 2.23. The average molecular weight is 222 g/mol. The normalized spacial score (nSPS) is 11.6. The minimum Gasteiger partial charge on any atom is -0.444 e. The van der Waals surface area contributed by atoms with Crippen molar-refractivity contribution in [2.75, 3.05) is 12.4 Å². The molecule has 3 nitrogen and oxygen atoms in total. The van der Waals surface area contributed by atoms with Gasteiger partial charge < -0.3 is 9.64 Å². The van der Waals surface area contributed by atoms with Gasteiger partial charge in [0.2, 0.25) is 0 Å². The lowest BCUT2D eigenvalue weighted by Crippen LogP contribution is -2.41. The summed E-state index contributed by atoms with van der Waals surface area (Å²) in [5.74, 6) is 0.428. The molecule has 0 aliphatic carbocycles. The molecule has 4 heteroatoms. The summed E-state index contributed by atoms with van der Waals surface area (Å²) in [6.07, 6.45) is -0.298. The van der Waals surface area contributed by atoms with Crippen molar-refractivity contribution in [2.24, 2.45) is 0 Å². The van der Waals surface area contributed by atoms with Gasteiger partial charge in [-0.05, 0) is 34.6 Å². The SMILES string of the molecule is CC(C)N(CCCl)C(=O)OC(C)(C)C. The van der Waals surface area contributed by atoms with E-state index in [1.807, 2.05) is 34.6 Å². The first-order chi connectivity index (χ1) is 6.28.